The summed E-state index contributed by atoms with van der Waals surface area (Å²) in [6.07, 6.45) is 4.32. The summed E-state index contributed by atoms with van der Waals surface area (Å²) >= 11 is 0. The maximum absolute atomic E-state index is 13.4. The molecule has 2 saturated heterocycles. The van der Waals surface area contributed by atoms with Gasteiger partial charge in [-0.05, 0) is 43.2 Å². The second-order valence-electron chi connectivity index (χ2n) is 8.66. The third-order valence-corrected chi connectivity index (χ3v) is 7.04. The molecule has 1 aliphatic carbocycles. The molecule has 1 saturated carbocycles. The molecule has 2 aliphatic heterocycles. The van der Waals surface area contributed by atoms with Crippen molar-refractivity contribution in [2.45, 2.75) is 38.3 Å². The van der Waals surface area contributed by atoms with Gasteiger partial charge in [0.05, 0.1) is 11.7 Å². The standard InChI is InChI=1S/C21H29N5O2.CH2O2/c1-13-17(21(28)25-8-3-2-4-9-25)15-11-26(12-16(15)19(27)18(13)23)20-14(10-22)6-5-7-24-20;2-1-3/h5-7,13,15-19,27H,2-4,8-9,11-12,23H2,1H3;1H,(H,2,3)/t13-,15+,16+,17+,18+,19+;/m1./s1. The van der Waals surface area contributed by atoms with Crippen molar-refractivity contribution in [2.24, 2.45) is 29.4 Å². The Morgan fingerprint density at radius 2 is 1.94 bits per heavy atom. The zero-order valence-corrected chi connectivity index (χ0v) is 17.8. The summed E-state index contributed by atoms with van der Waals surface area (Å²) in [5, 5.41) is 27.2. The number of aliphatic hydroxyl groups excluding tert-OH is 1. The smallest absolute Gasteiger partial charge is 0.290 e. The van der Waals surface area contributed by atoms with Gasteiger partial charge in [-0.1, -0.05) is 6.92 Å². The van der Waals surface area contributed by atoms with Gasteiger partial charge in [-0.3, -0.25) is 9.59 Å². The van der Waals surface area contributed by atoms with E-state index in [9.17, 15) is 15.2 Å². The average Bonchev–Trinajstić information content (AvgIpc) is 3.23. The van der Waals surface area contributed by atoms with E-state index >= 15 is 0 Å². The number of nitrogens with zero attached hydrogens (tertiary/aromatic N) is 4. The normalized spacial score (nSPS) is 32.3. The number of carbonyl (C=O) groups is 2. The number of likely N-dealkylation sites (tertiary alicyclic amines) is 1. The Hall–Kier alpha value is -2.70. The van der Waals surface area contributed by atoms with Crippen LogP contribution in [0.5, 0.6) is 0 Å². The van der Waals surface area contributed by atoms with Crippen LogP contribution in [0.25, 0.3) is 0 Å². The van der Waals surface area contributed by atoms with E-state index in [4.69, 9.17) is 15.6 Å². The molecule has 0 radical (unpaired) electrons. The van der Waals surface area contributed by atoms with Crippen LogP contribution >= 0.6 is 0 Å². The van der Waals surface area contributed by atoms with Gasteiger partial charge < -0.3 is 25.7 Å². The number of nitrogens with two attached hydrogens (primary N) is 1. The maximum atomic E-state index is 13.4. The van der Waals surface area contributed by atoms with E-state index in [2.05, 4.69) is 16.0 Å². The summed E-state index contributed by atoms with van der Waals surface area (Å²) in [4.78, 5) is 30.2. The number of anilines is 1. The van der Waals surface area contributed by atoms with E-state index in [-0.39, 0.29) is 36.1 Å². The third kappa shape index (κ3) is 4.50. The second-order valence-corrected chi connectivity index (χ2v) is 8.66. The lowest BCUT2D eigenvalue weighted by Gasteiger charge is -2.45. The Morgan fingerprint density at radius 1 is 1.29 bits per heavy atom. The summed E-state index contributed by atoms with van der Waals surface area (Å²) in [6.45, 7) is 4.58. The molecular formula is C22H31N5O4. The van der Waals surface area contributed by atoms with Crippen molar-refractivity contribution < 1.29 is 19.8 Å². The van der Waals surface area contributed by atoms with Crippen LogP contribution in [0, 0.1) is 35.0 Å². The molecule has 3 fully saturated rings. The number of pyridine rings is 1. The van der Waals surface area contributed by atoms with E-state index in [0.29, 0.717) is 24.5 Å². The van der Waals surface area contributed by atoms with Crippen LogP contribution in [0.4, 0.5) is 5.82 Å². The van der Waals surface area contributed by atoms with Gasteiger partial charge in [-0.2, -0.15) is 5.26 Å². The van der Waals surface area contributed by atoms with Crippen molar-refractivity contribution in [3.05, 3.63) is 23.9 Å². The lowest BCUT2D eigenvalue weighted by Crippen LogP contribution is -2.59. The molecule has 0 unspecified atom stereocenters. The highest BCUT2D eigenvalue weighted by Crippen LogP contribution is 2.45. The lowest BCUT2D eigenvalue weighted by molar-refractivity contribution is -0.145. The van der Waals surface area contributed by atoms with Gasteiger partial charge in [0.15, 0.2) is 0 Å². The van der Waals surface area contributed by atoms with E-state index < -0.39 is 12.1 Å². The predicted molar refractivity (Wildman–Crippen MR) is 114 cm³/mol. The number of hydrogen-bond acceptors (Lipinski definition) is 7. The van der Waals surface area contributed by atoms with Gasteiger partial charge in [-0.25, -0.2) is 4.98 Å². The Kier molecular flexibility index (Phi) is 7.46. The molecule has 31 heavy (non-hydrogen) atoms. The Bertz CT molecular complexity index is 822. The molecule has 4 rings (SSSR count). The van der Waals surface area contributed by atoms with Gasteiger partial charge in [0, 0.05) is 50.3 Å². The fourth-order valence-electron chi connectivity index (χ4n) is 5.46. The van der Waals surface area contributed by atoms with Gasteiger partial charge in [0.1, 0.15) is 11.9 Å². The molecule has 0 bridgehead atoms. The van der Waals surface area contributed by atoms with Crippen LogP contribution in [0.2, 0.25) is 0 Å². The molecular weight excluding hydrogens is 398 g/mol. The summed E-state index contributed by atoms with van der Waals surface area (Å²) in [5.41, 5.74) is 6.89. The number of amides is 1. The molecule has 3 aliphatic rings. The van der Waals surface area contributed by atoms with E-state index in [0.717, 1.165) is 25.9 Å². The minimum Gasteiger partial charge on any atom is -0.483 e. The highest BCUT2D eigenvalue weighted by atomic mass is 16.3. The van der Waals surface area contributed by atoms with Crippen LogP contribution in [-0.4, -0.2) is 70.8 Å². The summed E-state index contributed by atoms with van der Waals surface area (Å²) in [7, 11) is 0. The fraction of sp³-hybridized carbons (Fsp3) is 0.636. The Balaban J connectivity index is 0.000000858. The first-order valence-corrected chi connectivity index (χ1v) is 10.8. The van der Waals surface area contributed by atoms with Crippen molar-refractivity contribution in [2.75, 3.05) is 31.1 Å². The first-order chi connectivity index (χ1) is 14.9. The quantitative estimate of drug-likeness (QED) is 0.582. The minimum absolute atomic E-state index is 0.0211. The fourth-order valence-corrected chi connectivity index (χ4v) is 5.46. The van der Waals surface area contributed by atoms with E-state index in [1.165, 1.54) is 6.42 Å². The van der Waals surface area contributed by atoms with Crippen molar-refractivity contribution in [1.82, 2.24) is 9.88 Å². The molecule has 6 atom stereocenters. The Labute approximate surface area is 182 Å². The zero-order valence-electron chi connectivity index (χ0n) is 17.8. The first kappa shape index (κ1) is 23.0. The molecule has 9 heteroatoms. The number of carboxylic acid groups (broad SMARTS) is 1. The second kappa shape index (κ2) is 10.1. The average molecular weight is 430 g/mol. The summed E-state index contributed by atoms with van der Waals surface area (Å²) < 4.78 is 0. The topological polar surface area (TPSA) is 144 Å². The Morgan fingerprint density at radius 3 is 2.58 bits per heavy atom. The molecule has 1 amide bonds. The maximum Gasteiger partial charge on any atom is 0.290 e. The SMILES string of the molecule is C[C@H]1[C@H](N)[C@@H](O)[C@H]2CN(c3ncccc3C#N)C[C@@H]2[C@H]1C(=O)N1CCCCC1.O=CO. The van der Waals surface area contributed by atoms with Gasteiger partial charge in [-0.15, -0.1) is 0 Å². The van der Waals surface area contributed by atoms with Crippen molar-refractivity contribution in [3.63, 3.8) is 0 Å². The number of fused-ring (bicyclic) bond motifs is 1. The molecule has 168 valence electrons. The highest BCUT2D eigenvalue weighted by Gasteiger charge is 2.54. The number of hydrogen-bond donors (Lipinski definition) is 3. The number of rotatable bonds is 2. The number of nitriles is 1. The van der Waals surface area contributed by atoms with E-state index in [1.54, 1.807) is 18.3 Å². The first-order valence-electron chi connectivity index (χ1n) is 10.8. The molecule has 1 aromatic rings. The van der Waals surface area contributed by atoms with Crippen LogP contribution in [0.15, 0.2) is 18.3 Å². The van der Waals surface area contributed by atoms with Gasteiger partial charge in [0.2, 0.25) is 5.91 Å². The molecule has 4 N–H and O–H groups in total. The predicted octanol–water partition coefficient (Wildman–Crippen LogP) is 0.673. The largest absolute Gasteiger partial charge is 0.483 e. The van der Waals surface area contributed by atoms with Gasteiger partial charge in [0.25, 0.3) is 6.47 Å². The number of carbonyl (C=O) groups excluding carboxylic acids is 1. The van der Waals surface area contributed by atoms with Crippen molar-refractivity contribution in [1.29, 1.82) is 5.26 Å². The van der Waals surface area contributed by atoms with Crippen molar-refractivity contribution >= 4 is 18.2 Å². The number of aliphatic hydroxyl groups is 1. The zero-order chi connectivity index (χ0) is 22.5. The lowest BCUT2D eigenvalue weighted by atomic mass is 9.64. The summed E-state index contributed by atoms with van der Waals surface area (Å²) in [6, 6.07) is 5.29. The molecule has 1 aromatic heterocycles. The summed E-state index contributed by atoms with van der Waals surface area (Å²) in [5.74, 6) is 0.488. The third-order valence-electron chi connectivity index (χ3n) is 7.04. The van der Waals surface area contributed by atoms with E-state index in [1.807, 2.05) is 11.8 Å². The number of aromatic nitrogens is 1. The van der Waals surface area contributed by atoms with Crippen molar-refractivity contribution in [3.8, 4) is 6.07 Å². The van der Waals surface area contributed by atoms with Crippen LogP contribution in [0.3, 0.4) is 0 Å². The molecule has 0 spiro atoms. The number of piperidine rings is 1. The highest BCUT2D eigenvalue weighted by molar-refractivity contribution is 5.80. The van der Waals surface area contributed by atoms with Crippen LogP contribution in [-0.2, 0) is 9.59 Å². The van der Waals surface area contributed by atoms with Crippen LogP contribution < -0.4 is 10.6 Å². The molecule has 3 heterocycles. The molecule has 0 aromatic carbocycles. The monoisotopic (exact) mass is 429 g/mol. The van der Waals surface area contributed by atoms with Crippen LogP contribution in [0.1, 0.15) is 31.7 Å². The minimum atomic E-state index is -0.648. The molecule has 9 nitrogen and oxygen atoms in total. The van der Waals surface area contributed by atoms with Gasteiger partial charge >= 0.3 is 0 Å².